The Kier molecular flexibility index (Phi) is 5.26. The van der Waals surface area contributed by atoms with Crippen molar-refractivity contribution in [1.29, 1.82) is 0 Å². The number of hydrogen-bond donors (Lipinski definition) is 2. The fraction of sp³-hybridized carbons (Fsp3) is 0.136. The van der Waals surface area contributed by atoms with Gasteiger partial charge in [0, 0.05) is 11.5 Å². The van der Waals surface area contributed by atoms with E-state index in [9.17, 15) is 17.2 Å². The predicted octanol–water partition coefficient (Wildman–Crippen LogP) is 4.38. The van der Waals surface area contributed by atoms with Gasteiger partial charge in [-0.15, -0.1) is 0 Å². The van der Waals surface area contributed by atoms with Crippen LogP contribution in [0.2, 0.25) is 0 Å². The summed E-state index contributed by atoms with van der Waals surface area (Å²) in [6.07, 6.45) is 0. The van der Waals surface area contributed by atoms with Crippen LogP contribution in [0.4, 0.5) is 14.5 Å². The van der Waals surface area contributed by atoms with Gasteiger partial charge in [-0.05, 0) is 29.3 Å². The Labute approximate surface area is 173 Å². The molecule has 1 atom stereocenters. The van der Waals surface area contributed by atoms with E-state index in [4.69, 9.17) is 0 Å². The minimum Gasteiger partial charge on any atom is -0.324 e. The number of anilines is 1. The van der Waals surface area contributed by atoms with Gasteiger partial charge in [-0.2, -0.15) is 0 Å². The zero-order valence-corrected chi connectivity index (χ0v) is 16.9. The highest BCUT2D eigenvalue weighted by molar-refractivity contribution is 7.90. The van der Waals surface area contributed by atoms with Crippen molar-refractivity contribution in [2.75, 3.05) is 5.32 Å². The van der Waals surface area contributed by atoms with Crippen LogP contribution in [0.5, 0.6) is 0 Å². The minimum atomic E-state index is -3.96. The fourth-order valence-corrected chi connectivity index (χ4v) is 4.64. The second-order valence-electron chi connectivity index (χ2n) is 6.96. The Bertz CT molecular complexity index is 1230. The lowest BCUT2D eigenvalue weighted by Gasteiger charge is -2.26. The largest absolute Gasteiger partial charge is 0.324 e. The van der Waals surface area contributed by atoms with Crippen molar-refractivity contribution in [2.24, 2.45) is 4.99 Å². The lowest BCUT2D eigenvalue weighted by molar-refractivity contribution is 0.577. The van der Waals surface area contributed by atoms with Crippen LogP contribution in [0, 0.1) is 11.6 Å². The lowest BCUT2D eigenvalue weighted by atomic mass is 9.91. The molecule has 0 aliphatic carbocycles. The van der Waals surface area contributed by atoms with Crippen molar-refractivity contribution >= 4 is 21.7 Å². The Morgan fingerprint density at radius 3 is 2.37 bits per heavy atom. The van der Waals surface area contributed by atoms with Gasteiger partial charge in [-0.1, -0.05) is 55.5 Å². The first kappa shape index (κ1) is 20.0. The molecule has 0 saturated heterocycles. The Morgan fingerprint density at radius 1 is 0.933 bits per heavy atom. The molecule has 4 rings (SSSR count). The summed E-state index contributed by atoms with van der Waals surface area (Å²) in [5, 5.41) is 2.90. The molecule has 5 nitrogen and oxygen atoms in total. The summed E-state index contributed by atoms with van der Waals surface area (Å²) in [6, 6.07) is 17.6. The summed E-state index contributed by atoms with van der Waals surface area (Å²) >= 11 is 0. The fourth-order valence-electron chi connectivity index (χ4n) is 3.48. The molecule has 0 aromatic heterocycles. The van der Waals surface area contributed by atoms with Crippen LogP contribution in [-0.4, -0.2) is 14.4 Å². The second kappa shape index (κ2) is 7.87. The highest BCUT2D eigenvalue weighted by atomic mass is 32.2. The molecule has 0 unspecified atom stereocenters. The average Bonchev–Trinajstić information content (AvgIpc) is 2.72. The first-order chi connectivity index (χ1) is 14.4. The van der Waals surface area contributed by atoms with E-state index < -0.39 is 27.6 Å². The molecular weight excluding hydrogens is 408 g/mol. The van der Waals surface area contributed by atoms with Crippen molar-refractivity contribution in [3.8, 4) is 0 Å². The van der Waals surface area contributed by atoms with Crippen molar-refractivity contribution < 1.29 is 17.2 Å². The lowest BCUT2D eigenvalue weighted by Crippen LogP contribution is -2.41. The number of halogens is 2. The summed E-state index contributed by atoms with van der Waals surface area (Å²) in [6.45, 7) is 1.86. The highest BCUT2D eigenvalue weighted by Gasteiger charge is 2.32. The molecule has 1 aliphatic heterocycles. The number of benzene rings is 3. The van der Waals surface area contributed by atoms with Gasteiger partial charge in [-0.25, -0.2) is 26.9 Å². The second-order valence-corrected chi connectivity index (χ2v) is 8.61. The standard InChI is InChI=1S/C22H19F2N3O2S/c1-14(16-9-5-6-10-17(16)23)20-18(24)11-12-19-21(20)26-22(27-30(19,28)29)25-13-15-7-3-2-4-8-15/h2-12,14H,13H2,1H3,(H2,25,26,27)/t14-/m0/s1. The summed E-state index contributed by atoms with van der Waals surface area (Å²) < 4.78 is 57.1. The molecule has 0 radical (unpaired) electrons. The SMILES string of the molecule is C[C@@H](c1ccccc1F)c1c(F)ccc2c1NC(=NCc1ccccc1)NS2(=O)=O. The van der Waals surface area contributed by atoms with Crippen molar-refractivity contribution in [2.45, 2.75) is 24.3 Å². The molecule has 154 valence electrons. The molecule has 2 N–H and O–H groups in total. The third-order valence-electron chi connectivity index (χ3n) is 4.99. The number of nitrogens with zero attached hydrogens (tertiary/aromatic N) is 1. The van der Waals surface area contributed by atoms with Crippen molar-refractivity contribution in [3.63, 3.8) is 0 Å². The molecule has 3 aromatic rings. The maximum absolute atomic E-state index is 14.9. The van der Waals surface area contributed by atoms with E-state index >= 15 is 0 Å². The smallest absolute Gasteiger partial charge is 0.266 e. The molecular formula is C22H19F2N3O2S. The summed E-state index contributed by atoms with van der Waals surface area (Å²) in [5.41, 5.74) is 1.28. The molecule has 0 saturated carbocycles. The molecule has 30 heavy (non-hydrogen) atoms. The zero-order valence-electron chi connectivity index (χ0n) is 16.1. The van der Waals surface area contributed by atoms with Crippen LogP contribution >= 0.6 is 0 Å². The van der Waals surface area contributed by atoms with Gasteiger partial charge in [0.2, 0.25) is 5.96 Å². The van der Waals surface area contributed by atoms with E-state index in [1.54, 1.807) is 25.1 Å². The van der Waals surface area contributed by atoms with Crippen LogP contribution in [-0.2, 0) is 16.6 Å². The molecule has 0 fully saturated rings. The van der Waals surface area contributed by atoms with Crippen LogP contribution in [0.15, 0.2) is 76.6 Å². The van der Waals surface area contributed by atoms with Gasteiger partial charge in [0.1, 0.15) is 16.5 Å². The van der Waals surface area contributed by atoms with E-state index in [1.165, 1.54) is 12.1 Å². The van der Waals surface area contributed by atoms with Crippen LogP contribution in [0.25, 0.3) is 0 Å². The number of fused-ring (bicyclic) bond motifs is 1. The molecule has 1 aliphatic rings. The van der Waals surface area contributed by atoms with Crippen molar-refractivity contribution in [1.82, 2.24) is 4.72 Å². The van der Waals surface area contributed by atoms with E-state index in [-0.39, 0.29) is 34.2 Å². The van der Waals surface area contributed by atoms with E-state index in [2.05, 4.69) is 15.0 Å². The maximum Gasteiger partial charge on any atom is 0.266 e. The Hall–Kier alpha value is -3.26. The van der Waals surface area contributed by atoms with Gasteiger partial charge < -0.3 is 5.32 Å². The maximum atomic E-state index is 14.9. The molecule has 0 bridgehead atoms. The van der Waals surface area contributed by atoms with Crippen LogP contribution in [0.1, 0.15) is 29.5 Å². The number of guanidine groups is 1. The third kappa shape index (κ3) is 3.78. The summed E-state index contributed by atoms with van der Waals surface area (Å²) in [4.78, 5) is 4.18. The van der Waals surface area contributed by atoms with Gasteiger partial charge >= 0.3 is 0 Å². The molecule has 8 heteroatoms. The monoisotopic (exact) mass is 427 g/mol. The quantitative estimate of drug-likeness (QED) is 0.649. The number of sulfonamides is 1. The van der Waals surface area contributed by atoms with Gasteiger partial charge in [-0.3, -0.25) is 0 Å². The van der Waals surface area contributed by atoms with Gasteiger partial charge in [0.25, 0.3) is 10.0 Å². The number of hydrogen-bond acceptors (Lipinski definition) is 3. The molecule has 0 spiro atoms. The number of aliphatic imine (C=N–C) groups is 1. The van der Waals surface area contributed by atoms with Crippen LogP contribution in [0.3, 0.4) is 0 Å². The van der Waals surface area contributed by atoms with E-state index in [1.807, 2.05) is 30.3 Å². The third-order valence-corrected chi connectivity index (χ3v) is 6.37. The van der Waals surface area contributed by atoms with Crippen LogP contribution < -0.4 is 10.0 Å². The predicted molar refractivity (Wildman–Crippen MR) is 112 cm³/mol. The first-order valence-corrected chi connectivity index (χ1v) is 10.8. The first-order valence-electron chi connectivity index (χ1n) is 9.32. The molecule has 0 amide bonds. The average molecular weight is 427 g/mol. The van der Waals surface area contributed by atoms with Gasteiger partial charge in [0.15, 0.2) is 0 Å². The van der Waals surface area contributed by atoms with E-state index in [0.29, 0.717) is 0 Å². The topological polar surface area (TPSA) is 70.6 Å². The Balaban J connectivity index is 1.79. The number of rotatable bonds is 4. The summed E-state index contributed by atoms with van der Waals surface area (Å²) in [7, 11) is -3.96. The highest BCUT2D eigenvalue weighted by Crippen LogP contribution is 2.38. The molecule has 1 heterocycles. The summed E-state index contributed by atoms with van der Waals surface area (Å²) in [5.74, 6) is -1.86. The Morgan fingerprint density at radius 2 is 1.63 bits per heavy atom. The zero-order chi connectivity index (χ0) is 21.3. The molecule has 3 aromatic carbocycles. The van der Waals surface area contributed by atoms with E-state index in [0.717, 1.165) is 11.6 Å². The minimum absolute atomic E-state index is 0.0149. The van der Waals surface area contributed by atoms with Crippen molar-refractivity contribution in [3.05, 3.63) is 95.1 Å². The van der Waals surface area contributed by atoms with Gasteiger partial charge in [0.05, 0.1) is 12.2 Å². The normalized spacial score (nSPS) is 17.0. The number of nitrogens with one attached hydrogen (secondary N) is 2.